The first-order valence-corrected chi connectivity index (χ1v) is 10.0. The lowest BCUT2D eigenvalue weighted by atomic mass is 10.00. The second kappa shape index (κ2) is 7.56. The molecule has 0 spiro atoms. The molecule has 2 saturated heterocycles. The maximum absolute atomic E-state index is 13.3. The van der Waals surface area contributed by atoms with E-state index in [0.717, 1.165) is 67.1 Å². The van der Waals surface area contributed by atoms with Crippen LogP contribution in [0.25, 0.3) is 10.9 Å². The number of amides is 1. The van der Waals surface area contributed by atoms with Gasteiger partial charge < -0.3 is 9.64 Å². The van der Waals surface area contributed by atoms with Crippen molar-refractivity contribution in [2.24, 2.45) is 0 Å². The lowest BCUT2D eigenvalue weighted by Gasteiger charge is -2.36. The predicted octanol–water partition coefficient (Wildman–Crippen LogP) is 3.10. The van der Waals surface area contributed by atoms with Crippen molar-refractivity contribution < 1.29 is 9.53 Å². The molecule has 2 aliphatic rings. The van der Waals surface area contributed by atoms with Crippen molar-refractivity contribution in [2.45, 2.75) is 39.7 Å². The van der Waals surface area contributed by atoms with Gasteiger partial charge in [0.2, 0.25) is 0 Å². The van der Waals surface area contributed by atoms with Gasteiger partial charge in [-0.15, -0.1) is 0 Å². The second-order valence-corrected chi connectivity index (χ2v) is 7.94. The summed E-state index contributed by atoms with van der Waals surface area (Å²) in [5.74, 6) is 0.130. The van der Waals surface area contributed by atoms with E-state index >= 15 is 0 Å². The number of ether oxygens (including phenoxy) is 1. The van der Waals surface area contributed by atoms with Crippen LogP contribution in [0.5, 0.6) is 0 Å². The highest BCUT2D eigenvalue weighted by atomic mass is 16.5. The Bertz CT molecular complexity index is 850. The van der Waals surface area contributed by atoms with Crippen LogP contribution in [-0.2, 0) is 4.74 Å². The van der Waals surface area contributed by atoms with E-state index in [1.807, 2.05) is 24.0 Å². The van der Waals surface area contributed by atoms with Crippen LogP contribution >= 0.6 is 0 Å². The van der Waals surface area contributed by atoms with Gasteiger partial charge in [-0.1, -0.05) is 12.1 Å². The minimum Gasteiger partial charge on any atom is -0.377 e. The average Bonchev–Trinajstić information content (AvgIpc) is 3.17. The summed E-state index contributed by atoms with van der Waals surface area (Å²) in [4.78, 5) is 22.4. The number of nitrogens with zero attached hydrogens (tertiary/aromatic N) is 3. The van der Waals surface area contributed by atoms with E-state index in [1.165, 1.54) is 18.4 Å². The van der Waals surface area contributed by atoms with Gasteiger partial charge in [0.1, 0.15) is 0 Å². The maximum Gasteiger partial charge on any atom is 0.254 e. The first-order chi connectivity index (χ1) is 13.0. The molecule has 0 N–H and O–H groups in total. The number of hydrogen-bond acceptors (Lipinski definition) is 4. The molecule has 0 bridgehead atoms. The summed E-state index contributed by atoms with van der Waals surface area (Å²) in [5, 5.41) is 0.968. The zero-order valence-corrected chi connectivity index (χ0v) is 16.6. The molecule has 1 aromatic carbocycles. The molecule has 1 amide bonds. The topological polar surface area (TPSA) is 45.7 Å². The Morgan fingerprint density at radius 3 is 2.67 bits per heavy atom. The molecule has 1 atom stereocenters. The SMILES string of the molecule is Cc1cc(C(=O)N2CCN(CC3CCCO3)CC2)c2ccc(C)c(C)c2n1. The molecule has 0 aliphatic carbocycles. The van der Waals surface area contributed by atoms with Gasteiger partial charge in [0.05, 0.1) is 17.2 Å². The lowest BCUT2D eigenvalue weighted by Crippen LogP contribution is -2.50. The van der Waals surface area contributed by atoms with Crippen LogP contribution in [0.4, 0.5) is 0 Å². The van der Waals surface area contributed by atoms with Gasteiger partial charge in [-0.05, 0) is 50.8 Å². The summed E-state index contributed by atoms with van der Waals surface area (Å²) in [5.41, 5.74) is 5.01. The van der Waals surface area contributed by atoms with E-state index in [-0.39, 0.29) is 5.91 Å². The summed E-state index contributed by atoms with van der Waals surface area (Å²) in [7, 11) is 0. The molecule has 2 fully saturated rings. The van der Waals surface area contributed by atoms with Crippen LogP contribution in [0.2, 0.25) is 0 Å². The van der Waals surface area contributed by atoms with Crippen LogP contribution in [-0.4, -0.2) is 66.1 Å². The number of carbonyl (C=O) groups is 1. The quantitative estimate of drug-likeness (QED) is 0.836. The first-order valence-electron chi connectivity index (χ1n) is 10.0. The number of aromatic nitrogens is 1. The number of fused-ring (bicyclic) bond motifs is 1. The predicted molar refractivity (Wildman–Crippen MR) is 107 cm³/mol. The van der Waals surface area contributed by atoms with Crippen LogP contribution in [0, 0.1) is 20.8 Å². The van der Waals surface area contributed by atoms with Crippen molar-refractivity contribution in [1.82, 2.24) is 14.8 Å². The lowest BCUT2D eigenvalue weighted by molar-refractivity contribution is 0.0433. The highest BCUT2D eigenvalue weighted by molar-refractivity contribution is 6.07. The normalized spacial score (nSPS) is 21.1. The van der Waals surface area contributed by atoms with Gasteiger partial charge >= 0.3 is 0 Å². The average molecular weight is 367 g/mol. The summed E-state index contributed by atoms with van der Waals surface area (Å²) in [6.45, 7) is 11.4. The van der Waals surface area contributed by atoms with E-state index < -0.39 is 0 Å². The molecule has 4 rings (SSSR count). The van der Waals surface area contributed by atoms with E-state index in [1.54, 1.807) is 0 Å². The van der Waals surface area contributed by atoms with E-state index in [2.05, 4.69) is 24.8 Å². The monoisotopic (exact) mass is 367 g/mol. The first kappa shape index (κ1) is 18.4. The molecule has 144 valence electrons. The van der Waals surface area contributed by atoms with Crippen molar-refractivity contribution in [3.63, 3.8) is 0 Å². The molecular weight excluding hydrogens is 338 g/mol. The van der Waals surface area contributed by atoms with Gasteiger partial charge in [0.25, 0.3) is 5.91 Å². The molecule has 2 aromatic rings. The Hall–Kier alpha value is -1.98. The minimum atomic E-state index is 0.130. The standard InChI is InChI=1S/C22H29N3O2/c1-15-6-7-19-20(13-16(2)23-21(19)17(15)3)22(26)25-10-8-24(9-11-25)14-18-5-4-12-27-18/h6-7,13,18H,4-5,8-12,14H2,1-3H3. The highest BCUT2D eigenvalue weighted by Crippen LogP contribution is 2.25. The molecule has 5 heteroatoms. The van der Waals surface area contributed by atoms with Crippen molar-refractivity contribution in [3.05, 3.63) is 40.6 Å². The summed E-state index contributed by atoms with van der Waals surface area (Å²) < 4.78 is 5.75. The number of rotatable bonds is 3. The molecule has 3 heterocycles. The van der Waals surface area contributed by atoms with Crippen molar-refractivity contribution in [1.29, 1.82) is 0 Å². The Kier molecular flexibility index (Phi) is 5.15. The molecule has 0 saturated carbocycles. The minimum absolute atomic E-state index is 0.130. The number of carbonyl (C=O) groups excluding carboxylic acids is 1. The van der Waals surface area contributed by atoms with Gasteiger partial charge in [-0.25, -0.2) is 0 Å². The van der Waals surface area contributed by atoms with E-state index in [9.17, 15) is 4.79 Å². The van der Waals surface area contributed by atoms with Gasteiger partial charge in [-0.3, -0.25) is 14.7 Å². The van der Waals surface area contributed by atoms with Crippen LogP contribution in [0.3, 0.4) is 0 Å². The van der Waals surface area contributed by atoms with Gasteiger partial charge in [-0.2, -0.15) is 0 Å². The number of hydrogen-bond donors (Lipinski definition) is 0. The Morgan fingerprint density at radius 2 is 1.96 bits per heavy atom. The molecule has 27 heavy (non-hydrogen) atoms. The van der Waals surface area contributed by atoms with E-state index in [0.29, 0.717) is 6.10 Å². The summed E-state index contributed by atoms with van der Waals surface area (Å²) >= 11 is 0. The van der Waals surface area contributed by atoms with Gasteiger partial charge in [0.15, 0.2) is 0 Å². The largest absolute Gasteiger partial charge is 0.377 e. The van der Waals surface area contributed by atoms with Crippen molar-refractivity contribution >= 4 is 16.8 Å². The fraction of sp³-hybridized carbons (Fsp3) is 0.545. The molecular formula is C22H29N3O2. The van der Waals surface area contributed by atoms with Crippen LogP contribution in [0.1, 0.15) is 40.0 Å². The molecule has 5 nitrogen and oxygen atoms in total. The number of piperazine rings is 1. The van der Waals surface area contributed by atoms with E-state index in [4.69, 9.17) is 9.72 Å². The number of pyridine rings is 1. The zero-order valence-electron chi connectivity index (χ0n) is 16.6. The Balaban J connectivity index is 1.51. The zero-order chi connectivity index (χ0) is 19.0. The van der Waals surface area contributed by atoms with Crippen LogP contribution < -0.4 is 0 Å². The number of benzene rings is 1. The summed E-state index contributed by atoms with van der Waals surface area (Å²) in [6.07, 6.45) is 2.72. The molecule has 1 aromatic heterocycles. The molecule has 2 aliphatic heterocycles. The van der Waals surface area contributed by atoms with Crippen LogP contribution in [0.15, 0.2) is 18.2 Å². The Morgan fingerprint density at radius 1 is 1.19 bits per heavy atom. The fourth-order valence-corrected chi connectivity index (χ4v) is 4.21. The smallest absolute Gasteiger partial charge is 0.254 e. The van der Waals surface area contributed by atoms with Crippen molar-refractivity contribution in [3.8, 4) is 0 Å². The van der Waals surface area contributed by atoms with Crippen molar-refractivity contribution in [2.75, 3.05) is 39.3 Å². The molecule has 0 radical (unpaired) electrons. The second-order valence-electron chi connectivity index (χ2n) is 7.94. The maximum atomic E-state index is 13.3. The third-order valence-electron chi connectivity index (χ3n) is 6.01. The Labute approximate surface area is 161 Å². The fourth-order valence-electron chi connectivity index (χ4n) is 4.21. The third-order valence-corrected chi connectivity index (χ3v) is 6.01. The summed E-state index contributed by atoms with van der Waals surface area (Å²) in [6, 6.07) is 6.08. The third kappa shape index (κ3) is 3.71. The van der Waals surface area contributed by atoms with Gasteiger partial charge in [0, 0.05) is 50.4 Å². The number of aryl methyl sites for hydroxylation is 3. The highest BCUT2D eigenvalue weighted by Gasteiger charge is 2.26. The molecule has 1 unspecified atom stereocenters.